The molecule has 1 aliphatic rings. The van der Waals surface area contributed by atoms with Gasteiger partial charge in [0, 0.05) is 37.2 Å². The molecule has 7 heteroatoms. The van der Waals surface area contributed by atoms with E-state index in [1.165, 1.54) is 6.07 Å². The van der Waals surface area contributed by atoms with E-state index in [9.17, 15) is 13.2 Å². The average Bonchev–Trinajstić information content (AvgIpc) is 2.39. The van der Waals surface area contributed by atoms with Crippen LogP contribution in [-0.2, 0) is 6.18 Å². The molecule has 120 valence electrons. The second kappa shape index (κ2) is 7.68. The second-order valence-corrected chi connectivity index (χ2v) is 5.42. The Morgan fingerprint density at radius 2 is 1.86 bits per heavy atom. The lowest BCUT2D eigenvalue weighted by Gasteiger charge is -2.35. The van der Waals surface area contributed by atoms with Crippen LogP contribution < -0.4 is 5.32 Å². The molecule has 2 nitrogen and oxygen atoms in total. The summed E-state index contributed by atoms with van der Waals surface area (Å²) in [6.45, 7) is 5.39. The lowest BCUT2D eigenvalue weighted by molar-refractivity contribution is -0.137. The number of benzene rings is 1. The smallest absolute Gasteiger partial charge is 0.314 e. The number of hydrogen-bond acceptors (Lipinski definition) is 2. The van der Waals surface area contributed by atoms with E-state index in [1.54, 1.807) is 6.07 Å². The molecule has 0 aliphatic carbocycles. The quantitative estimate of drug-likeness (QED) is 0.888. The number of nitrogens with zero attached hydrogens (tertiary/aromatic N) is 1. The van der Waals surface area contributed by atoms with Gasteiger partial charge in [-0.2, -0.15) is 13.2 Å². The summed E-state index contributed by atoms with van der Waals surface area (Å²) in [6, 6.07) is 3.84. The van der Waals surface area contributed by atoms with Crippen molar-refractivity contribution in [3.63, 3.8) is 0 Å². The third-order valence-corrected chi connectivity index (χ3v) is 3.83. The highest BCUT2D eigenvalue weighted by atomic mass is 35.5. The zero-order valence-corrected chi connectivity index (χ0v) is 13.3. The highest BCUT2D eigenvalue weighted by Gasteiger charge is 2.32. The molecule has 2 rings (SSSR count). The summed E-state index contributed by atoms with van der Waals surface area (Å²) in [5.41, 5.74) is -0.0252. The maximum absolute atomic E-state index is 12.9. The highest BCUT2D eigenvalue weighted by Crippen LogP contribution is 2.35. The van der Waals surface area contributed by atoms with Crippen LogP contribution in [0.3, 0.4) is 0 Å². The summed E-state index contributed by atoms with van der Waals surface area (Å²) < 4.78 is 38.6. The van der Waals surface area contributed by atoms with E-state index in [1.807, 2.05) is 6.92 Å². The lowest BCUT2D eigenvalue weighted by Crippen LogP contribution is -2.45. The molecule has 0 bridgehead atoms. The Morgan fingerprint density at radius 1 is 1.24 bits per heavy atom. The van der Waals surface area contributed by atoms with Crippen LogP contribution in [0.2, 0.25) is 5.02 Å². The first-order valence-electron chi connectivity index (χ1n) is 6.74. The molecule has 0 spiro atoms. The minimum Gasteiger partial charge on any atom is -0.314 e. The van der Waals surface area contributed by atoms with Crippen molar-refractivity contribution in [3.8, 4) is 0 Å². The van der Waals surface area contributed by atoms with E-state index in [0.717, 1.165) is 38.7 Å². The fraction of sp³-hybridized carbons (Fsp3) is 0.571. The highest BCUT2D eigenvalue weighted by molar-refractivity contribution is 6.30. The molecule has 1 saturated heterocycles. The Labute approximate surface area is 134 Å². The van der Waals surface area contributed by atoms with Crippen molar-refractivity contribution in [1.29, 1.82) is 0 Å². The summed E-state index contributed by atoms with van der Waals surface area (Å²) in [5, 5.41) is 3.39. The van der Waals surface area contributed by atoms with Crippen LogP contribution in [0.15, 0.2) is 18.2 Å². The van der Waals surface area contributed by atoms with Crippen molar-refractivity contribution < 1.29 is 13.2 Å². The number of piperazine rings is 1. The third-order valence-electron chi connectivity index (χ3n) is 3.61. The molecule has 1 heterocycles. The topological polar surface area (TPSA) is 15.3 Å². The van der Waals surface area contributed by atoms with Gasteiger partial charge in [0.1, 0.15) is 0 Å². The minimum absolute atomic E-state index is 0. The van der Waals surface area contributed by atoms with Crippen molar-refractivity contribution in [2.45, 2.75) is 25.6 Å². The molecular weight excluding hydrogens is 324 g/mol. The molecule has 21 heavy (non-hydrogen) atoms. The van der Waals surface area contributed by atoms with Gasteiger partial charge in [-0.15, -0.1) is 12.4 Å². The zero-order valence-electron chi connectivity index (χ0n) is 11.7. The Balaban J connectivity index is 0.00000220. The summed E-state index contributed by atoms with van der Waals surface area (Å²) in [6.07, 6.45) is -3.60. The number of halogens is 5. The minimum atomic E-state index is -4.36. The first-order valence-corrected chi connectivity index (χ1v) is 7.12. The molecule has 1 N–H and O–H groups in total. The standard InChI is InChI=1S/C14H18ClF3N2.ClH/c1-2-13(20-5-3-19-4-6-20)10-7-11(14(16,17)18)9-12(15)8-10;/h7-9,13,19H,2-6H2,1H3;1H/t13-;/m0./s1. The van der Waals surface area contributed by atoms with Crippen molar-refractivity contribution in [1.82, 2.24) is 10.2 Å². The van der Waals surface area contributed by atoms with Gasteiger partial charge in [-0.25, -0.2) is 0 Å². The van der Waals surface area contributed by atoms with E-state index in [4.69, 9.17) is 11.6 Å². The molecular formula is C14H19Cl2F3N2. The summed E-state index contributed by atoms with van der Waals surface area (Å²) >= 11 is 5.87. The molecule has 1 aromatic rings. The van der Waals surface area contributed by atoms with Crippen LogP contribution >= 0.6 is 24.0 Å². The van der Waals surface area contributed by atoms with Crippen LogP contribution in [0, 0.1) is 0 Å². The van der Waals surface area contributed by atoms with Gasteiger partial charge in [0.05, 0.1) is 5.56 Å². The van der Waals surface area contributed by atoms with Gasteiger partial charge in [-0.05, 0) is 30.2 Å². The van der Waals surface area contributed by atoms with Gasteiger partial charge < -0.3 is 5.32 Å². The number of nitrogens with one attached hydrogen (secondary N) is 1. The van der Waals surface area contributed by atoms with Crippen LogP contribution in [0.1, 0.15) is 30.5 Å². The molecule has 0 saturated carbocycles. The number of hydrogen-bond donors (Lipinski definition) is 1. The maximum atomic E-state index is 12.9. The summed E-state index contributed by atoms with van der Waals surface area (Å²) in [7, 11) is 0. The van der Waals surface area contributed by atoms with Gasteiger partial charge in [0.25, 0.3) is 0 Å². The van der Waals surface area contributed by atoms with E-state index >= 15 is 0 Å². The lowest BCUT2D eigenvalue weighted by atomic mass is 9.99. The second-order valence-electron chi connectivity index (χ2n) is 4.98. The number of rotatable bonds is 3. The predicted octanol–water partition coefficient (Wildman–Crippen LogP) is 4.14. The normalized spacial score (nSPS) is 18.1. The van der Waals surface area contributed by atoms with Gasteiger partial charge in [0.2, 0.25) is 0 Å². The van der Waals surface area contributed by atoms with Gasteiger partial charge in [-0.1, -0.05) is 18.5 Å². The van der Waals surface area contributed by atoms with Crippen molar-refractivity contribution in [2.24, 2.45) is 0 Å². The van der Waals surface area contributed by atoms with E-state index in [2.05, 4.69) is 10.2 Å². The predicted molar refractivity (Wildman–Crippen MR) is 81.2 cm³/mol. The summed E-state index contributed by atoms with van der Waals surface area (Å²) in [4.78, 5) is 2.21. The number of alkyl halides is 3. The van der Waals surface area contributed by atoms with Crippen LogP contribution in [0.25, 0.3) is 0 Å². The largest absolute Gasteiger partial charge is 0.416 e. The van der Waals surface area contributed by atoms with E-state index < -0.39 is 11.7 Å². The first-order chi connectivity index (χ1) is 9.41. The summed E-state index contributed by atoms with van der Waals surface area (Å²) in [5.74, 6) is 0. The molecule has 0 amide bonds. The monoisotopic (exact) mass is 342 g/mol. The van der Waals surface area contributed by atoms with Gasteiger partial charge >= 0.3 is 6.18 Å². The van der Waals surface area contributed by atoms with Gasteiger partial charge in [0.15, 0.2) is 0 Å². The third kappa shape index (κ3) is 4.74. The van der Waals surface area contributed by atoms with Crippen LogP contribution in [-0.4, -0.2) is 31.1 Å². The van der Waals surface area contributed by atoms with E-state index in [0.29, 0.717) is 5.56 Å². The Morgan fingerprint density at radius 3 is 2.38 bits per heavy atom. The maximum Gasteiger partial charge on any atom is 0.416 e. The van der Waals surface area contributed by atoms with Crippen molar-refractivity contribution in [2.75, 3.05) is 26.2 Å². The van der Waals surface area contributed by atoms with Crippen molar-refractivity contribution >= 4 is 24.0 Å². The average molecular weight is 343 g/mol. The Kier molecular flexibility index (Phi) is 6.78. The van der Waals surface area contributed by atoms with Crippen LogP contribution in [0.5, 0.6) is 0 Å². The first kappa shape index (κ1) is 18.6. The molecule has 1 aromatic carbocycles. The molecule has 1 atom stereocenters. The Bertz CT molecular complexity index is 460. The fourth-order valence-electron chi connectivity index (χ4n) is 2.67. The van der Waals surface area contributed by atoms with E-state index in [-0.39, 0.29) is 23.5 Å². The molecule has 0 unspecified atom stereocenters. The van der Waals surface area contributed by atoms with Gasteiger partial charge in [-0.3, -0.25) is 4.90 Å². The SMILES string of the molecule is CC[C@@H](c1cc(Cl)cc(C(F)(F)F)c1)N1CCNCC1.Cl. The fourth-order valence-corrected chi connectivity index (χ4v) is 2.91. The molecule has 0 radical (unpaired) electrons. The molecule has 0 aromatic heterocycles. The zero-order chi connectivity index (χ0) is 14.8. The Hall–Kier alpha value is -0.490. The molecule has 1 fully saturated rings. The van der Waals surface area contributed by atoms with Crippen molar-refractivity contribution in [3.05, 3.63) is 34.3 Å². The molecule has 1 aliphatic heterocycles. The van der Waals surface area contributed by atoms with Crippen LogP contribution in [0.4, 0.5) is 13.2 Å².